The highest BCUT2D eigenvalue weighted by Gasteiger charge is 2.25. The van der Waals surface area contributed by atoms with Crippen LogP contribution in [0, 0.1) is 5.82 Å². The number of aromatic amines is 1. The largest absolute Gasteiger partial charge is 0.358 e. The Kier molecular flexibility index (Phi) is 4.94. The molecule has 1 amide bonds. The molecule has 154 valence electrons. The van der Waals surface area contributed by atoms with Crippen LogP contribution in [0.5, 0.6) is 0 Å². The number of benzene rings is 2. The van der Waals surface area contributed by atoms with Crippen LogP contribution in [0.2, 0.25) is 0 Å². The maximum Gasteiger partial charge on any atom is 0.329 e. The Morgan fingerprint density at radius 2 is 1.87 bits per heavy atom. The number of aldehydes is 1. The van der Waals surface area contributed by atoms with Crippen molar-refractivity contribution in [2.45, 2.75) is 6.04 Å². The molecule has 0 bridgehead atoms. The molecule has 1 fully saturated rings. The fourth-order valence-electron chi connectivity index (χ4n) is 3.69. The van der Waals surface area contributed by atoms with E-state index < -0.39 is 23.1 Å². The van der Waals surface area contributed by atoms with Gasteiger partial charge in [0.2, 0.25) is 5.91 Å². The first kappa shape index (κ1) is 19.6. The van der Waals surface area contributed by atoms with E-state index in [1.54, 1.807) is 41.1 Å². The third-order valence-corrected chi connectivity index (χ3v) is 5.36. The zero-order chi connectivity index (χ0) is 21.4. The van der Waals surface area contributed by atoms with E-state index in [0.29, 0.717) is 30.5 Å². The van der Waals surface area contributed by atoms with Gasteiger partial charge in [-0.2, -0.15) is 0 Å². The molecular formula is C21H19FN4O4. The molecule has 1 aliphatic rings. The molecule has 1 aromatic heterocycles. The lowest BCUT2D eigenvalue weighted by molar-refractivity contribution is -0.129. The number of carbonyl (C=O) groups excluding carboxylic acids is 2. The van der Waals surface area contributed by atoms with E-state index in [1.807, 2.05) is 0 Å². The second kappa shape index (κ2) is 7.58. The number of amides is 1. The zero-order valence-electron chi connectivity index (χ0n) is 16.2. The van der Waals surface area contributed by atoms with Crippen LogP contribution in [-0.4, -0.2) is 53.3 Å². The number of likely N-dealkylation sites (N-methyl/N-ethyl adjacent to an activating group) is 1. The molecule has 0 spiro atoms. The third-order valence-electron chi connectivity index (χ3n) is 5.36. The molecular weight excluding hydrogens is 391 g/mol. The number of fused-ring (bicyclic) bond motifs is 1. The number of carbonyl (C=O) groups is 2. The van der Waals surface area contributed by atoms with Crippen LogP contribution in [0.4, 0.5) is 10.1 Å². The van der Waals surface area contributed by atoms with Gasteiger partial charge in [0.05, 0.1) is 23.1 Å². The highest BCUT2D eigenvalue weighted by Crippen LogP contribution is 2.27. The lowest BCUT2D eigenvalue weighted by atomic mass is 10.0. The SMILES string of the molecule is CN1CCN(c2cc(C(C=O)n3c(=O)[nH]c(=O)c4ccccc43)ccc2F)CC1=O. The average molecular weight is 410 g/mol. The summed E-state index contributed by atoms with van der Waals surface area (Å²) in [6.45, 7) is 0.906. The molecule has 30 heavy (non-hydrogen) atoms. The van der Waals surface area contributed by atoms with Gasteiger partial charge in [-0.1, -0.05) is 18.2 Å². The van der Waals surface area contributed by atoms with Crippen molar-refractivity contribution in [3.05, 3.63) is 74.7 Å². The molecule has 2 heterocycles. The normalized spacial score (nSPS) is 15.5. The van der Waals surface area contributed by atoms with Crippen LogP contribution in [0.15, 0.2) is 52.1 Å². The minimum atomic E-state index is -1.08. The number of aromatic nitrogens is 2. The van der Waals surface area contributed by atoms with Crippen molar-refractivity contribution in [2.24, 2.45) is 0 Å². The topological polar surface area (TPSA) is 95.5 Å². The van der Waals surface area contributed by atoms with E-state index in [2.05, 4.69) is 4.98 Å². The van der Waals surface area contributed by atoms with E-state index in [1.165, 1.54) is 22.8 Å². The first-order valence-corrected chi connectivity index (χ1v) is 9.38. The summed E-state index contributed by atoms with van der Waals surface area (Å²) in [5, 5.41) is 0.260. The van der Waals surface area contributed by atoms with Gasteiger partial charge in [-0.05, 0) is 29.8 Å². The molecule has 4 rings (SSSR count). The third kappa shape index (κ3) is 3.28. The van der Waals surface area contributed by atoms with Crippen LogP contribution in [-0.2, 0) is 9.59 Å². The van der Waals surface area contributed by atoms with E-state index in [0.717, 1.165) is 0 Å². The molecule has 1 unspecified atom stereocenters. The fraction of sp³-hybridized carbons (Fsp3) is 0.238. The second-order valence-electron chi connectivity index (χ2n) is 7.18. The predicted molar refractivity (Wildman–Crippen MR) is 109 cm³/mol. The van der Waals surface area contributed by atoms with Crippen molar-refractivity contribution in [1.82, 2.24) is 14.5 Å². The lowest BCUT2D eigenvalue weighted by Crippen LogP contribution is -2.48. The summed E-state index contributed by atoms with van der Waals surface area (Å²) >= 11 is 0. The number of anilines is 1. The van der Waals surface area contributed by atoms with Gasteiger partial charge in [0.25, 0.3) is 5.56 Å². The number of hydrogen-bond acceptors (Lipinski definition) is 5. The predicted octanol–water partition coefficient (Wildman–Crippen LogP) is 0.896. The van der Waals surface area contributed by atoms with Gasteiger partial charge in [0.15, 0.2) is 0 Å². The molecule has 1 N–H and O–H groups in total. The maximum absolute atomic E-state index is 14.6. The van der Waals surface area contributed by atoms with Gasteiger partial charge >= 0.3 is 5.69 Å². The minimum Gasteiger partial charge on any atom is -0.358 e. The summed E-state index contributed by atoms with van der Waals surface area (Å²) in [7, 11) is 1.68. The number of nitrogens with zero attached hydrogens (tertiary/aromatic N) is 3. The van der Waals surface area contributed by atoms with Crippen LogP contribution in [0.25, 0.3) is 10.9 Å². The summed E-state index contributed by atoms with van der Waals surface area (Å²) in [6.07, 6.45) is 0.568. The van der Waals surface area contributed by atoms with Crippen LogP contribution >= 0.6 is 0 Å². The Morgan fingerprint density at radius 1 is 1.10 bits per heavy atom. The number of hydrogen-bond donors (Lipinski definition) is 1. The average Bonchev–Trinajstić information content (AvgIpc) is 2.74. The monoisotopic (exact) mass is 410 g/mol. The number of H-pyrrole nitrogens is 1. The molecule has 0 saturated carbocycles. The zero-order valence-corrected chi connectivity index (χ0v) is 16.2. The Balaban J connectivity index is 1.84. The van der Waals surface area contributed by atoms with Crippen molar-refractivity contribution in [2.75, 3.05) is 31.6 Å². The quantitative estimate of drug-likeness (QED) is 0.645. The summed E-state index contributed by atoms with van der Waals surface area (Å²) in [4.78, 5) is 54.2. The second-order valence-corrected chi connectivity index (χ2v) is 7.18. The van der Waals surface area contributed by atoms with Crippen LogP contribution in [0.3, 0.4) is 0 Å². The van der Waals surface area contributed by atoms with Crippen molar-refractivity contribution in [3.8, 4) is 0 Å². The van der Waals surface area contributed by atoms with E-state index >= 15 is 0 Å². The molecule has 3 aromatic rings. The summed E-state index contributed by atoms with van der Waals surface area (Å²) in [5.41, 5.74) is -0.442. The Labute approximate surface area is 170 Å². The molecule has 1 saturated heterocycles. The van der Waals surface area contributed by atoms with E-state index in [-0.39, 0.29) is 23.5 Å². The van der Waals surface area contributed by atoms with E-state index in [4.69, 9.17) is 0 Å². The van der Waals surface area contributed by atoms with Crippen LogP contribution < -0.4 is 16.1 Å². The van der Waals surface area contributed by atoms with Crippen molar-refractivity contribution in [1.29, 1.82) is 0 Å². The molecule has 0 aliphatic carbocycles. The summed E-state index contributed by atoms with van der Waals surface area (Å²) in [5.74, 6) is -0.666. The minimum absolute atomic E-state index is 0.0180. The molecule has 1 atom stereocenters. The van der Waals surface area contributed by atoms with E-state index in [9.17, 15) is 23.6 Å². The van der Waals surface area contributed by atoms with Gasteiger partial charge in [-0.25, -0.2) is 9.18 Å². The summed E-state index contributed by atoms with van der Waals surface area (Å²) in [6, 6.07) is 9.46. The van der Waals surface area contributed by atoms with Gasteiger partial charge in [-0.3, -0.25) is 19.1 Å². The number of halogens is 1. The number of piperazine rings is 1. The first-order valence-electron chi connectivity index (χ1n) is 9.38. The maximum atomic E-state index is 14.6. The number of nitrogens with one attached hydrogen (secondary N) is 1. The van der Waals surface area contributed by atoms with Crippen molar-refractivity contribution >= 4 is 28.8 Å². The smallest absolute Gasteiger partial charge is 0.329 e. The Morgan fingerprint density at radius 3 is 2.60 bits per heavy atom. The van der Waals surface area contributed by atoms with Gasteiger partial charge < -0.3 is 14.6 Å². The molecule has 9 heteroatoms. The van der Waals surface area contributed by atoms with Crippen LogP contribution in [0.1, 0.15) is 11.6 Å². The molecule has 8 nitrogen and oxygen atoms in total. The first-order chi connectivity index (χ1) is 14.4. The van der Waals surface area contributed by atoms with Crippen molar-refractivity contribution in [3.63, 3.8) is 0 Å². The number of rotatable bonds is 4. The molecule has 1 aliphatic heterocycles. The van der Waals surface area contributed by atoms with Gasteiger partial charge in [0, 0.05) is 20.1 Å². The Bertz CT molecular complexity index is 1270. The number of para-hydroxylation sites is 1. The molecule has 0 radical (unpaired) electrons. The standard InChI is InChI=1S/C21H19FN4O4/c1-24-8-9-25(11-19(24)28)17-10-13(6-7-15(17)22)18(12-27)26-16-5-3-2-4-14(16)20(29)23-21(26)30/h2-7,10,12,18H,8-9,11H2,1H3,(H,23,29,30). The highest BCUT2D eigenvalue weighted by molar-refractivity contribution is 5.83. The highest BCUT2D eigenvalue weighted by atomic mass is 19.1. The van der Waals surface area contributed by atoms with Gasteiger partial charge in [-0.15, -0.1) is 0 Å². The van der Waals surface area contributed by atoms with Gasteiger partial charge in [0.1, 0.15) is 18.1 Å². The van der Waals surface area contributed by atoms with Crippen molar-refractivity contribution < 1.29 is 14.0 Å². The Hall–Kier alpha value is -3.75. The lowest BCUT2D eigenvalue weighted by Gasteiger charge is -2.34. The molecule has 2 aromatic carbocycles. The summed E-state index contributed by atoms with van der Waals surface area (Å²) < 4.78 is 15.7. The fourth-order valence-corrected chi connectivity index (χ4v) is 3.69.